The zero-order valence-corrected chi connectivity index (χ0v) is 18.3. The van der Waals surface area contributed by atoms with E-state index in [-0.39, 0.29) is 6.09 Å². The van der Waals surface area contributed by atoms with Crippen LogP contribution < -0.4 is 0 Å². The first-order valence-electron chi connectivity index (χ1n) is 10.5. The smallest absolute Gasteiger partial charge is 0.409 e. The van der Waals surface area contributed by atoms with Gasteiger partial charge in [-0.05, 0) is 29.7 Å². The monoisotopic (exact) mass is 423 g/mol. The minimum absolute atomic E-state index is 0.307. The van der Waals surface area contributed by atoms with Crippen LogP contribution in [-0.4, -0.2) is 62.1 Å². The van der Waals surface area contributed by atoms with Crippen molar-refractivity contribution in [3.8, 4) is 0 Å². The molecule has 164 valence electrons. The molecule has 1 aliphatic rings. The lowest BCUT2D eigenvalue weighted by Crippen LogP contribution is -2.27. The summed E-state index contributed by atoms with van der Waals surface area (Å²) in [7, 11) is 5.05. The Morgan fingerprint density at radius 2 is 1.74 bits per heavy atom. The predicted octanol–water partition coefficient (Wildman–Crippen LogP) is 4.18. The maximum absolute atomic E-state index is 12.3. The zero-order chi connectivity index (χ0) is 22.2. The van der Waals surface area contributed by atoms with Gasteiger partial charge in [0.2, 0.25) is 5.90 Å². The average molecular weight is 424 g/mol. The Kier molecular flexibility index (Phi) is 7.65. The number of carbonyl (C=O) groups excluding carboxylic acids is 2. The van der Waals surface area contributed by atoms with Gasteiger partial charge in [-0.3, -0.25) is 0 Å². The van der Waals surface area contributed by atoms with Crippen molar-refractivity contribution in [3.05, 3.63) is 59.9 Å². The standard InChI is InChI=1S/C24H29N3O4/c1-26(15-8-4-5-9-16-27(2)24(29)30-3)17-21-23(28)31-22(25-21)20-14-10-12-18-11-6-7-13-19(18)20/h6-7,10-14,17H,4-5,8-9,15-16H2,1-3H3/b21-17+. The second-order valence-corrected chi connectivity index (χ2v) is 7.63. The van der Waals surface area contributed by atoms with Gasteiger partial charge in [-0.2, -0.15) is 0 Å². The molecule has 0 fully saturated rings. The topological polar surface area (TPSA) is 71.4 Å². The Bertz CT molecular complexity index is 994. The lowest BCUT2D eigenvalue weighted by Gasteiger charge is -2.16. The van der Waals surface area contributed by atoms with E-state index in [2.05, 4.69) is 9.73 Å². The molecule has 0 saturated carbocycles. The van der Waals surface area contributed by atoms with Crippen LogP contribution in [0.4, 0.5) is 4.79 Å². The second-order valence-electron chi connectivity index (χ2n) is 7.63. The van der Waals surface area contributed by atoms with Gasteiger partial charge >= 0.3 is 12.1 Å². The molecule has 0 bridgehead atoms. The third-order valence-corrected chi connectivity index (χ3v) is 5.22. The lowest BCUT2D eigenvalue weighted by atomic mass is 10.0. The molecule has 0 atom stereocenters. The quantitative estimate of drug-likeness (QED) is 0.344. The van der Waals surface area contributed by atoms with Crippen LogP contribution in [0, 0.1) is 0 Å². The molecule has 0 unspecified atom stereocenters. The van der Waals surface area contributed by atoms with E-state index < -0.39 is 5.97 Å². The summed E-state index contributed by atoms with van der Waals surface area (Å²) < 4.78 is 10.1. The molecule has 1 heterocycles. The number of rotatable bonds is 9. The van der Waals surface area contributed by atoms with Crippen molar-refractivity contribution in [1.82, 2.24) is 9.80 Å². The number of aliphatic imine (C=N–C) groups is 1. The summed E-state index contributed by atoms with van der Waals surface area (Å²) in [4.78, 5) is 31.6. The molecule has 0 saturated heterocycles. The SMILES string of the molecule is COC(=O)N(C)CCCCCCN(C)/C=C1/N=C(c2cccc3ccccc23)OC1=O. The number of cyclic esters (lactones) is 1. The Morgan fingerprint density at radius 3 is 2.52 bits per heavy atom. The highest BCUT2D eigenvalue weighted by Gasteiger charge is 2.25. The highest BCUT2D eigenvalue weighted by atomic mass is 16.6. The van der Waals surface area contributed by atoms with Gasteiger partial charge in [0.1, 0.15) is 0 Å². The number of hydrogen-bond acceptors (Lipinski definition) is 6. The molecule has 0 aromatic heterocycles. The van der Waals surface area contributed by atoms with Crippen LogP contribution in [0.15, 0.2) is 59.4 Å². The molecule has 1 aliphatic heterocycles. The van der Waals surface area contributed by atoms with E-state index in [1.165, 1.54) is 7.11 Å². The van der Waals surface area contributed by atoms with E-state index in [9.17, 15) is 9.59 Å². The number of unbranched alkanes of at least 4 members (excludes halogenated alkanes) is 3. The molecule has 7 nitrogen and oxygen atoms in total. The second kappa shape index (κ2) is 10.6. The molecule has 3 rings (SSSR count). The van der Waals surface area contributed by atoms with Gasteiger partial charge < -0.3 is 19.3 Å². The molecule has 1 amide bonds. The van der Waals surface area contributed by atoms with Crippen molar-refractivity contribution in [2.24, 2.45) is 4.99 Å². The minimum atomic E-state index is -0.430. The normalized spacial score (nSPS) is 14.5. The fourth-order valence-electron chi connectivity index (χ4n) is 3.51. The molecule has 0 N–H and O–H groups in total. The molecular weight excluding hydrogens is 394 g/mol. The summed E-state index contributed by atoms with van der Waals surface area (Å²) in [6, 6.07) is 13.8. The van der Waals surface area contributed by atoms with Gasteiger partial charge in [0.25, 0.3) is 0 Å². The molecule has 2 aromatic rings. The number of nitrogens with zero attached hydrogens (tertiary/aromatic N) is 3. The average Bonchev–Trinajstić information content (AvgIpc) is 3.14. The summed E-state index contributed by atoms with van der Waals surface area (Å²) in [5, 5.41) is 2.08. The first-order valence-corrected chi connectivity index (χ1v) is 10.5. The number of carbonyl (C=O) groups is 2. The number of amides is 1. The van der Waals surface area contributed by atoms with Crippen molar-refractivity contribution < 1.29 is 19.1 Å². The summed E-state index contributed by atoms with van der Waals surface area (Å²) in [6.45, 7) is 1.49. The fraction of sp³-hybridized carbons (Fsp3) is 0.375. The van der Waals surface area contributed by atoms with Gasteiger partial charge in [0.15, 0.2) is 5.70 Å². The van der Waals surface area contributed by atoms with Gasteiger partial charge in [0, 0.05) is 38.9 Å². The van der Waals surface area contributed by atoms with Crippen molar-refractivity contribution >= 4 is 28.7 Å². The Labute approximate surface area is 182 Å². The number of hydrogen-bond donors (Lipinski definition) is 0. The van der Waals surface area contributed by atoms with E-state index in [1.807, 2.05) is 54.4 Å². The third kappa shape index (κ3) is 5.84. The van der Waals surface area contributed by atoms with Gasteiger partial charge in [-0.25, -0.2) is 14.6 Å². The van der Waals surface area contributed by atoms with Crippen LogP contribution >= 0.6 is 0 Å². The number of benzene rings is 2. The zero-order valence-electron chi connectivity index (χ0n) is 18.3. The van der Waals surface area contributed by atoms with E-state index in [0.29, 0.717) is 18.1 Å². The maximum Gasteiger partial charge on any atom is 0.409 e. The number of ether oxygens (including phenoxy) is 2. The highest BCUT2D eigenvalue weighted by molar-refractivity contribution is 6.16. The summed E-state index contributed by atoms with van der Waals surface area (Å²) in [5.41, 5.74) is 1.12. The van der Waals surface area contributed by atoms with Crippen LogP contribution in [0.1, 0.15) is 31.2 Å². The summed E-state index contributed by atoms with van der Waals surface area (Å²) in [6.07, 6.45) is 5.41. The van der Waals surface area contributed by atoms with E-state index in [4.69, 9.17) is 4.74 Å². The van der Waals surface area contributed by atoms with Crippen LogP contribution in [-0.2, 0) is 14.3 Å². The van der Waals surface area contributed by atoms with Crippen molar-refractivity contribution in [2.45, 2.75) is 25.7 Å². The summed E-state index contributed by atoms with van der Waals surface area (Å²) in [5.74, 6) is -0.0863. The number of fused-ring (bicyclic) bond motifs is 1. The van der Waals surface area contributed by atoms with Crippen molar-refractivity contribution in [2.75, 3.05) is 34.3 Å². The Balaban J connectivity index is 1.51. The number of esters is 1. The summed E-state index contributed by atoms with van der Waals surface area (Å²) >= 11 is 0. The molecule has 0 spiro atoms. The van der Waals surface area contributed by atoms with E-state index in [0.717, 1.165) is 48.6 Å². The van der Waals surface area contributed by atoms with Crippen LogP contribution in [0.3, 0.4) is 0 Å². The predicted molar refractivity (Wildman–Crippen MR) is 121 cm³/mol. The molecule has 0 radical (unpaired) electrons. The van der Waals surface area contributed by atoms with Crippen molar-refractivity contribution in [1.29, 1.82) is 0 Å². The Hall–Kier alpha value is -3.35. The van der Waals surface area contributed by atoms with E-state index in [1.54, 1.807) is 18.1 Å². The highest BCUT2D eigenvalue weighted by Crippen LogP contribution is 2.24. The maximum atomic E-state index is 12.3. The van der Waals surface area contributed by atoms with Crippen LogP contribution in [0.2, 0.25) is 0 Å². The van der Waals surface area contributed by atoms with Crippen LogP contribution in [0.25, 0.3) is 10.8 Å². The Morgan fingerprint density at radius 1 is 1.03 bits per heavy atom. The minimum Gasteiger partial charge on any atom is -0.453 e. The molecule has 0 aliphatic carbocycles. The molecule has 31 heavy (non-hydrogen) atoms. The van der Waals surface area contributed by atoms with E-state index >= 15 is 0 Å². The molecule has 2 aromatic carbocycles. The first kappa shape index (κ1) is 22.3. The van der Waals surface area contributed by atoms with Gasteiger partial charge in [-0.1, -0.05) is 49.2 Å². The van der Waals surface area contributed by atoms with Crippen molar-refractivity contribution in [3.63, 3.8) is 0 Å². The third-order valence-electron chi connectivity index (χ3n) is 5.22. The van der Waals surface area contributed by atoms with Gasteiger partial charge in [-0.15, -0.1) is 0 Å². The van der Waals surface area contributed by atoms with Gasteiger partial charge in [0.05, 0.1) is 7.11 Å². The lowest BCUT2D eigenvalue weighted by molar-refractivity contribution is -0.130. The van der Waals surface area contributed by atoms with Crippen LogP contribution in [0.5, 0.6) is 0 Å². The molecular formula is C24H29N3O4. The fourth-order valence-corrected chi connectivity index (χ4v) is 3.51. The number of methoxy groups -OCH3 is 1. The largest absolute Gasteiger partial charge is 0.453 e. The molecule has 7 heteroatoms. The first-order chi connectivity index (χ1) is 15.0.